The molecule has 6 heteroatoms. The monoisotopic (exact) mass is 378 g/mol. The minimum atomic E-state index is -0.489. The molecule has 1 saturated carbocycles. The van der Waals surface area contributed by atoms with Crippen molar-refractivity contribution in [1.82, 2.24) is 10.2 Å². The third-order valence-corrected chi connectivity index (χ3v) is 5.32. The molecule has 1 aromatic rings. The third kappa shape index (κ3) is 4.54. The van der Waals surface area contributed by atoms with Crippen molar-refractivity contribution in [3.8, 4) is 5.75 Å². The average molecular weight is 379 g/mol. The minimum absolute atomic E-state index is 0. The first-order valence-electron chi connectivity index (χ1n) is 8.61. The number of nitrogens with zero attached hydrogens (tertiary/aromatic N) is 1. The summed E-state index contributed by atoms with van der Waals surface area (Å²) in [6.45, 7) is 5.87. The van der Waals surface area contributed by atoms with Crippen molar-refractivity contribution in [2.24, 2.45) is 5.92 Å². The van der Waals surface area contributed by atoms with Crippen LogP contribution in [0.1, 0.15) is 49.3 Å². The lowest BCUT2D eigenvalue weighted by molar-refractivity contribution is 0.100. The number of hydrogen-bond donors (Lipinski definition) is 2. The van der Waals surface area contributed by atoms with Gasteiger partial charge in [-0.05, 0) is 37.3 Å². The van der Waals surface area contributed by atoms with E-state index < -0.39 is 5.82 Å². The second-order valence-electron chi connectivity index (χ2n) is 6.76. The van der Waals surface area contributed by atoms with Crippen molar-refractivity contribution < 1.29 is 9.50 Å². The number of piperazine rings is 1. The van der Waals surface area contributed by atoms with Gasteiger partial charge in [0.15, 0.2) is 11.6 Å². The Hall–Kier alpha value is -0.550. The molecule has 138 valence electrons. The zero-order valence-electron chi connectivity index (χ0n) is 14.3. The molecule has 1 aromatic carbocycles. The van der Waals surface area contributed by atoms with E-state index in [1.54, 1.807) is 0 Å². The Morgan fingerprint density at radius 2 is 1.75 bits per heavy atom. The SMILES string of the molecule is Cc1ccc(F)c(O)c1[C@H](C1CCCCC1)N1CCNCC1.Cl.Cl. The first kappa shape index (κ1) is 21.5. The van der Waals surface area contributed by atoms with Crippen LogP contribution in [0, 0.1) is 18.7 Å². The summed E-state index contributed by atoms with van der Waals surface area (Å²) in [5.41, 5.74) is 1.84. The number of aryl methyl sites for hydroxylation is 1. The summed E-state index contributed by atoms with van der Waals surface area (Å²) in [5.74, 6) is -0.0936. The van der Waals surface area contributed by atoms with Crippen LogP contribution in [0.25, 0.3) is 0 Å². The van der Waals surface area contributed by atoms with Crippen molar-refractivity contribution >= 4 is 24.8 Å². The maximum absolute atomic E-state index is 14.0. The minimum Gasteiger partial charge on any atom is -0.505 e. The second-order valence-corrected chi connectivity index (χ2v) is 6.76. The van der Waals surface area contributed by atoms with E-state index in [4.69, 9.17) is 0 Å². The quantitative estimate of drug-likeness (QED) is 0.826. The number of aromatic hydroxyl groups is 1. The summed E-state index contributed by atoms with van der Waals surface area (Å²) in [4.78, 5) is 2.45. The maximum Gasteiger partial charge on any atom is 0.165 e. The Morgan fingerprint density at radius 1 is 1.12 bits per heavy atom. The predicted octanol–water partition coefficient (Wildman–Crippen LogP) is 4.21. The van der Waals surface area contributed by atoms with E-state index in [1.807, 2.05) is 13.0 Å². The summed E-state index contributed by atoms with van der Waals surface area (Å²) in [5, 5.41) is 13.8. The van der Waals surface area contributed by atoms with E-state index in [-0.39, 0.29) is 36.6 Å². The first-order valence-corrected chi connectivity index (χ1v) is 8.61. The Kier molecular flexibility index (Phi) is 8.78. The van der Waals surface area contributed by atoms with Crippen molar-refractivity contribution in [2.75, 3.05) is 26.2 Å². The molecular weight excluding hydrogens is 350 g/mol. The Balaban J connectivity index is 0.00000144. The number of benzene rings is 1. The van der Waals surface area contributed by atoms with E-state index in [0.29, 0.717) is 5.92 Å². The number of rotatable bonds is 3. The van der Waals surface area contributed by atoms with E-state index in [1.165, 1.54) is 38.2 Å². The van der Waals surface area contributed by atoms with Crippen LogP contribution in [-0.2, 0) is 0 Å². The van der Waals surface area contributed by atoms with Gasteiger partial charge in [-0.1, -0.05) is 25.3 Å². The Morgan fingerprint density at radius 3 is 2.38 bits per heavy atom. The molecule has 1 heterocycles. The van der Waals surface area contributed by atoms with Gasteiger partial charge in [0.05, 0.1) is 0 Å². The van der Waals surface area contributed by atoms with Gasteiger partial charge in [-0.2, -0.15) is 0 Å². The molecule has 0 radical (unpaired) electrons. The topological polar surface area (TPSA) is 35.5 Å². The van der Waals surface area contributed by atoms with Gasteiger partial charge in [0.1, 0.15) is 0 Å². The van der Waals surface area contributed by atoms with Crippen LogP contribution in [0.15, 0.2) is 12.1 Å². The molecule has 2 N–H and O–H groups in total. The molecule has 2 aliphatic rings. The summed E-state index contributed by atoms with van der Waals surface area (Å²) in [6, 6.07) is 3.34. The molecule has 0 spiro atoms. The zero-order valence-corrected chi connectivity index (χ0v) is 15.9. The van der Waals surface area contributed by atoms with E-state index in [0.717, 1.165) is 37.3 Å². The Bertz CT molecular complexity index is 500. The van der Waals surface area contributed by atoms with Gasteiger partial charge in [0.25, 0.3) is 0 Å². The molecule has 0 unspecified atom stereocenters. The van der Waals surface area contributed by atoms with Crippen LogP contribution in [0.3, 0.4) is 0 Å². The highest BCUT2D eigenvalue weighted by atomic mass is 35.5. The van der Waals surface area contributed by atoms with Crippen LogP contribution in [0.2, 0.25) is 0 Å². The highest BCUT2D eigenvalue weighted by molar-refractivity contribution is 5.85. The summed E-state index contributed by atoms with van der Waals surface area (Å²) in [7, 11) is 0. The molecule has 0 amide bonds. The largest absolute Gasteiger partial charge is 0.505 e. The molecule has 0 aromatic heterocycles. The molecule has 1 atom stereocenters. The van der Waals surface area contributed by atoms with Gasteiger partial charge in [0, 0.05) is 37.8 Å². The standard InChI is InChI=1S/C18H27FN2O.2ClH/c1-13-7-8-15(19)18(22)16(13)17(14-5-3-2-4-6-14)21-11-9-20-10-12-21;;/h7-8,14,17,20,22H,2-6,9-12H2,1H3;2*1H/t17-;;/m0../s1. The van der Waals surface area contributed by atoms with Gasteiger partial charge in [-0.25, -0.2) is 4.39 Å². The van der Waals surface area contributed by atoms with E-state index in [2.05, 4.69) is 10.2 Å². The summed E-state index contributed by atoms with van der Waals surface area (Å²) in [6.07, 6.45) is 6.18. The number of halogens is 3. The summed E-state index contributed by atoms with van der Waals surface area (Å²) >= 11 is 0. The highest BCUT2D eigenvalue weighted by Crippen LogP contribution is 2.43. The van der Waals surface area contributed by atoms with Gasteiger partial charge >= 0.3 is 0 Å². The number of phenolic OH excluding ortho intramolecular Hbond substituents is 1. The van der Waals surface area contributed by atoms with Gasteiger partial charge in [0.2, 0.25) is 0 Å². The van der Waals surface area contributed by atoms with Crippen LogP contribution in [0.4, 0.5) is 4.39 Å². The highest BCUT2D eigenvalue weighted by Gasteiger charge is 2.34. The molecule has 24 heavy (non-hydrogen) atoms. The second kappa shape index (κ2) is 9.81. The fourth-order valence-corrected chi connectivity index (χ4v) is 4.18. The molecular formula is C18H29Cl2FN2O. The number of hydrogen-bond acceptors (Lipinski definition) is 3. The van der Waals surface area contributed by atoms with Crippen LogP contribution < -0.4 is 5.32 Å². The number of nitrogens with one attached hydrogen (secondary N) is 1. The third-order valence-electron chi connectivity index (χ3n) is 5.32. The smallest absolute Gasteiger partial charge is 0.165 e. The fourth-order valence-electron chi connectivity index (χ4n) is 4.18. The van der Waals surface area contributed by atoms with Crippen LogP contribution in [0.5, 0.6) is 5.75 Å². The first-order chi connectivity index (χ1) is 10.7. The average Bonchev–Trinajstić information content (AvgIpc) is 2.57. The fraction of sp³-hybridized carbons (Fsp3) is 0.667. The lowest BCUT2D eigenvalue weighted by Gasteiger charge is -2.42. The molecule has 1 aliphatic carbocycles. The molecule has 1 saturated heterocycles. The lowest BCUT2D eigenvalue weighted by atomic mass is 9.78. The van der Waals surface area contributed by atoms with Gasteiger partial charge in [-0.15, -0.1) is 24.8 Å². The zero-order chi connectivity index (χ0) is 15.5. The van der Waals surface area contributed by atoms with Crippen molar-refractivity contribution in [3.63, 3.8) is 0 Å². The van der Waals surface area contributed by atoms with Gasteiger partial charge in [-0.3, -0.25) is 4.90 Å². The van der Waals surface area contributed by atoms with E-state index in [9.17, 15) is 9.50 Å². The predicted molar refractivity (Wildman–Crippen MR) is 101 cm³/mol. The van der Waals surface area contributed by atoms with Crippen molar-refractivity contribution in [1.29, 1.82) is 0 Å². The molecule has 3 nitrogen and oxygen atoms in total. The molecule has 2 fully saturated rings. The van der Waals surface area contributed by atoms with Gasteiger partial charge < -0.3 is 10.4 Å². The van der Waals surface area contributed by atoms with Crippen LogP contribution >= 0.6 is 24.8 Å². The van der Waals surface area contributed by atoms with Crippen molar-refractivity contribution in [3.05, 3.63) is 29.1 Å². The molecule has 1 aliphatic heterocycles. The Labute approximate surface area is 156 Å². The maximum atomic E-state index is 14.0. The normalized spacial score (nSPS) is 20.8. The molecule has 0 bridgehead atoms. The number of phenols is 1. The van der Waals surface area contributed by atoms with Crippen molar-refractivity contribution in [2.45, 2.75) is 45.1 Å². The lowest BCUT2D eigenvalue weighted by Crippen LogP contribution is -2.47. The van der Waals surface area contributed by atoms with Crippen LogP contribution in [-0.4, -0.2) is 36.2 Å². The molecule has 3 rings (SSSR count). The van der Waals surface area contributed by atoms with E-state index >= 15 is 0 Å². The summed E-state index contributed by atoms with van der Waals surface area (Å²) < 4.78 is 14.0.